The molecular formula is C56H77Cl2CoN3. The number of pyridine rings is 1. The minimum absolute atomic E-state index is 0. The monoisotopic (exact) mass is 920 g/mol. The largest absolute Gasteiger partial charge is 2.00 e. The third kappa shape index (κ3) is 12.3. The van der Waals surface area contributed by atoms with E-state index in [4.69, 9.17) is 15.0 Å². The zero-order chi connectivity index (χ0) is 39.8. The quantitative estimate of drug-likeness (QED) is 0.187. The molecule has 3 nitrogen and oxygen atoms in total. The van der Waals surface area contributed by atoms with Crippen LogP contribution in [0.15, 0.2) is 46.4 Å². The van der Waals surface area contributed by atoms with Gasteiger partial charge >= 0.3 is 16.8 Å². The van der Waals surface area contributed by atoms with E-state index in [2.05, 4.69) is 55.8 Å². The van der Waals surface area contributed by atoms with E-state index >= 15 is 0 Å². The molecule has 6 fully saturated rings. The maximum Gasteiger partial charge on any atom is 2.00 e. The van der Waals surface area contributed by atoms with E-state index in [0.29, 0.717) is 23.7 Å². The van der Waals surface area contributed by atoms with Crippen LogP contribution in [0.1, 0.15) is 278 Å². The summed E-state index contributed by atoms with van der Waals surface area (Å²) in [5.41, 5.74) is 15.4. The van der Waals surface area contributed by atoms with Gasteiger partial charge in [0.1, 0.15) is 0 Å². The summed E-state index contributed by atoms with van der Waals surface area (Å²) in [7, 11) is 0. The van der Waals surface area contributed by atoms with Gasteiger partial charge in [-0.05, 0) is 171 Å². The van der Waals surface area contributed by atoms with Gasteiger partial charge in [-0.25, -0.2) is 4.98 Å². The van der Waals surface area contributed by atoms with Crippen molar-refractivity contribution in [1.29, 1.82) is 0 Å². The average molecular weight is 922 g/mol. The second-order valence-corrected chi connectivity index (χ2v) is 20.6. The number of aliphatic imine (C=N–C) groups is 2. The topological polar surface area (TPSA) is 37.6 Å². The molecule has 0 aliphatic heterocycles. The third-order valence-electron chi connectivity index (χ3n) is 16.4. The van der Waals surface area contributed by atoms with Gasteiger partial charge in [-0.2, -0.15) is 0 Å². The van der Waals surface area contributed by atoms with Crippen molar-refractivity contribution in [3.8, 4) is 0 Å². The standard InChI is InChI=1S/C56H77N3.2ClH.Co/c1-40-32-49(38-57-55-51(43-24-12-4-13-25-43)34-47(41-20-8-2-9-21-41)35-52(55)44-26-14-5-15-27-44)59-50(33-40)39-58-56-53(45-28-16-6-17-29-45)36-48(42-22-10-3-11-23-42)37-54(56)46-30-18-7-19-31-46;;;/h32-39,41-46H,2-31H2,1H3;2*1H;/q;;;+2/p-2. The van der Waals surface area contributed by atoms with Gasteiger partial charge in [-0.1, -0.05) is 140 Å². The molecule has 339 valence electrons. The smallest absolute Gasteiger partial charge is 1.00 e. The first-order chi connectivity index (χ1) is 29.2. The van der Waals surface area contributed by atoms with Crippen molar-refractivity contribution in [3.63, 3.8) is 0 Å². The van der Waals surface area contributed by atoms with E-state index in [1.807, 2.05) is 0 Å². The van der Waals surface area contributed by atoms with Gasteiger partial charge in [0.25, 0.3) is 0 Å². The van der Waals surface area contributed by atoms with E-state index in [9.17, 15) is 0 Å². The predicted octanol–water partition coefficient (Wildman–Crippen LogP) is 11.2. The summed E-state index contributed by atoms with van der Waals surface area (Å²) < 4.78 is 0. The van der Waals surface area contributed by atoms with Crippen LogP contribution in [0.2, 0.25) is 0 Å². The Labute approximate surface area is 399 Å². The average Bonchev–Trinajstić information content (AvgIpc) is 3.31. The normalized spacial score (nSPS) is 22.0. The molecular weight excluding hydrogens is 844 g/mol. The molecule has 2 aromatic carbocycles. The maximum absolute atomic E-state index is 5.59. The fraction of sp³-hybridized carbons (Fsp3) is 0.661. The summed E-state index contributed by atoms with van der Waals surface area (Å²) in [4.78, 5) is 16.5. The van der Waals surface area contributed by atoms with Gasteiger partial charge in [0, 0.05) is 0 Å². The van der Waals surface area contributed by atoms with Crippen LogP contribution in [0.25, 0.3) is 0 Å². The first-order valence-electron chi connectivity index (χ1n) is 25.6. The molecule has 0 atom stereocenters. The zero-order valence-corrected chi connectivity index (χ0v) is 40.8. The molecule has 62 heavy (non-hydrogen) atoms. The van der Waals surface area contributed by atoms with E-state index in [1.54, 1.807) is 33.4 Å². The summed E-state index contributed by atoms with van der Waals surface area (Å²) >= 11 is 0. The van der Waals surface area contributed by atoms with Crippen LogP contribution < -0.4 is 24.8 Å². The third-order valence-corrected chi connectivity index (χ3v) is 16.4. The summed E-state index contributed by atoms with van der Waals surface area (Å²) in [6.45, 7) is 2.23. The van der Waals surface area contributed by atoms with E-state index in [1.165, 1.54) is 210 Å². The van der Waals surface area contributed by atoms with Gasteiger partial charge in [0.05, 0.1) is 35.2 Å². The second-order valence-electron chi connectivity index (χ2n) is 20.6. The van der Waals surface area contributed by atoms with Crippen LogP contribution in [0, 0.1) is 6.92 Å². The number of aromatic nitrogens is 1. The Morgan fingerprint density at radius 1 is 0.371 bits per heavy atom. The SMILES string of the molecule is Cc1cc(C=Nc2c(C3CCCCC3)cc(C3CCCCC3)cc2C2CCCCC2)nc(C=Nc2c(C3CCCCC3)cc(C3CCCCC3)cc2C2CCCCC2)c1.[Cl-].[Cl-].[Co+2]. The fourth-order valence-corrected chi connectivity index (χ4v) is 13.1. The number of benzene rings is 2. The summed E-state index contributed by atoms with van der Waals surface area (Å²) in [5.74, 6) is 4.00. The van der Waals surface area contributed by atoms with Crippen molar-refractivity contribution in [2.24, 2.45) is 9.98 Å². The molecule has 9 rings (SSSR count). The van der Waals surface area contributed by atoms with E-state index < -0.39 is 0 Å². The van der Waals surface area contributed by atoms with Crippen LogP contribution in [-0.4, -0.2) is 17.4 Å². The molecule has 1 heterocycles. The van der Waals surface area contributed by atoms with Crippen molar-refractivity contribution < 1.29 is 41.6 Å². The van der Waals surface area contributed by atoms with Crippen molar-refractivity contribution >= 4 is 23.8 Å². The molecule has 6 heteroatoms. The van der Waals surface area contributed by atoms with Crippen molar-refractivity contribution in [2.75, 3.05) is 0 Å². The predicted molar refractivity (Wildman–Crippen MR) is 251 cm³/mol. The van der Waals surface area contributed by atoms with Crippen LogP contribution in [0.4, 0.5) is 11.4 Å². The Morgan fingerprint density at radius 3 is 0.871 bits per heavy atom. The first-order valence-corrected chi connectivity index (χ1v) is 25.6. The van der Waals surface area contributed by atoms with E-state index in [-0.39, 0.29) is 41.6 Å². The fourth-order valence-electron chi connectivity index (χ4n) is 13.1. The number of hydrogen-bond acceptors (Lipinski definition) is 3. The Balaban J connectivity index is 0.00000214. The molecule has 0 amide bonds. The molecule has 0 unspecified atom stereocenters. The Kier molecular flexibility index (Phi) is 19.6. The van der Waals surface area contributed by atoms with Gasteiger partial charge in [0.15, 0.2) is 0 Å². The molecule has 0 bridgehead atoms. The van der Waals surface area contributed by atoms with Crippen LogP contribution in [0.5, 0.6) is 0 Å². The summed E-state index contributed by atoms with van der Waals surface area (Å²) in [6.07, 6.45) is 45.1. The minimum atomic E-state index is 0. The molecule has 0 spiro atoms. The Hall–Kier alpha value is -1.98. The van der Waals surface area contributed by atoms with Crippen molar-refractivity contribution in [1.82, 2.24) is 4.98 Å². The van der Waals surface area contributed by atoms with Crippen LogP contribution in [-0.2, 0) is 16.8 Å². The number of halogens is 2. The van der Waals surface area contributed by atoms with Crippen molar-refractivity contribution in [2.45, 2.75) is 235 Å². The molecule has 6 saturated carbocycles. The molecule has 1 radical (unpaired) electrons. The van der Waals surface area contributed by atoms with Crippen molar-refractivity contribution in [3.05, 3.63) is 86.7 Å². The molecule has 6 aliphatic rings. The Bertz CT molecular complexity index is 1690. The number of hydrogen-bond donors (Lipinski definition) is 0. The van der Waals surface area contributed by atoms with E-state index in [0.717, 1.165) is 23.2 Å². The first kappa shape index (κ1) is 49.5. The van der Waals surface area contributed by atoms with Gasteiger partial charge in [-0.15, -0.1) is 0 Å². The molecule has 0 N–H and O–H groups in total. The Morgan fingerprint density at radius 2 is 0.613 bits per heavy atom. The van der Waals surface area contributed by atoms with Gasteiger partial charge < -0.3 is 24.8 Å². The summed E-state index contributed by atoms with van der Waals surface area (Å²) in [6, 6.07) is 15.2. The van der Waals surface area contributed by atoms with Crippen LogP contribution in [0.3, 0.4) is 0 Å². The molecule has 0 saturated heterocycles. The number of rotatable bonds is 10. The zero-order valence-electron chi connectivity index (χ0n) is 38.2. The molecule has 6 aliphatic carbocycles. The molecule has 3 aromatic rings. The van der Waals surface area contributed by atoms with Gasteiger partial charge in [0.2, 0.25) is 0 Å². The summed E-state index contributed by atoms with van der Waals surface area (Å²) in [5, 5.41) is 0. The maximum atomic E-state index is 5.59. The molecule has 1 aromatic heterocycles. The minimum Gasteiger partial charge on any atom is -1.00 e. The number of nitrogens with zero attached hydrogens (tertiary/aromatic N) is 3. The second kappa shape index (κ2) is 24.5. The van der Waals surface area contributed by atoms with Crippen LogP contribution >= 0.6 is 0 Å². The number of aryl methyl sites for hydroxylation is 1. The van der Waals surface area contributed by atoms with Gasteiger partial charge in [-0.3, -0.25) is 9.98 Å².